The fraction of sp³-hybridized carbons (Fsp3) is 0.300. The Bertz CT molecular complexity index is 1020. The number of aromatic nitrogens is 1. The van der Waals surface area contributed by atoms with Gasteiger partial charge in [0.2, 0.25) is 0 Å². The van der Waals surface area contributed by atoms with Crippen molar-refractivity contribution in [1.29, 1.82) is 0 Å². The van der Waals surface area contributed by atoms with Gasteiger partial charge in [0.25, 0.3) is 5.91 Å². The first-order valence-corrected chi connectivity index (χ1v) is 10.1. The maximum absolute atomic E-state index is 14.3. The van der Waals surface area contributed by atoms with E-state index in [0.29, 0.717) is 34.6 Å². The molecule has 1 aliphatic heterocycles. The van der Waals surface area contributed by atoms with Crippen LogP contribution >= 0.6 is 22.9 Å². The molecule has 1 atom stereocenters. The summed E-state index contributed by atoms with van der Waals surface area (Å²) in [7, 11) is 1.55. The second-order valence-corrected chi connectivity index (χ2v) is 7.84. The molecule has 1 aromatic heterocycles. The Morgan fingerprint density at radius 1 is 1.39 bits per heavy atom. The largest absolute Gasteiger partial charge is 0.494 e. The lowest BCUT2D eigenvalue weighted by atomic mass is 10.1. The minimum atomic E-state index is -0.568. The summed E-state index contributed by atoms with van der Waals surface area (Å²) in [6.45, 7) is 0.957. The van der Waals surface area contributed by atoms with Crippen molar-refractivity contribution in [3.05, 3.63) is 52.8 Å². The molecule has 0 bridgehead atoms. The van der Waals surface area contributed by atoms with Crippen molar-refractivity contribution in [2.24, 2.45) is 0 Å². The van der Waals surface area contributed by atoms with E-state index in [-0.39, 0.29) is 11.7 Å². The van der Waals surface area contributed by atoms with Gasteiger partial charge in [0.1, 0.15) is 17.1 Å². The van der Waals surface area contributed by atoms with Crippen molar-refractivity contribution in [3.63, 3.8) is 0 Å². The van der Waals surface area contributed by atoms with Gasteiger partial charge in [-0.1, -0.05) is 35.1 Å². The minimum absolute atomic E-state index is 0.00202. The highest BCUT2D eigenvalue weighted by atomic mass is 35.5. The molecule has 1 saturated heterocycles. The number of ether oxygens (including phenoxy) is 2. The second kappa shape index (κ2) is 8.03. The van der Waals surface area contributed by atoms with Crippen molar-refractivity contribution >= 4 is 44.2 Å². The molecule has 0 aliphatic carbocycles. The summed E-state index contributed by atoms with van der Waals surface area (Å²) in [6, 6.07) is 9.40. The van der Waals surface area contributed by atoms with E-state index in [1.54, 1.807) is 31.4 Å². The number of carbonyl (C=O) groups is 1. The highest BCUT2D eigenvalue weighted by molar-refractivity contribution is 7.23. The standard InChI is InChI=1S/C20H18ClFN2O3S/c1-26-16-9-8-14(21)18-17(16)23-20(28-18)24(11-12-5-4-10-27-12)19(25)13-6-2-3-7-15(13)22/h2-3,6-9,12H,4-5,10-11H2,1H3. The minimum Gasteiger partial charge on any atom is -0.494 e. The molecule has 1 fully saturated rings. The van der Waals surface area contributed by atoms with Gasteiger partial charge in [-0.25, -0.2) is 9.37 Å². The number of carbonyl (C=O) groups excluding carboxylic acids is 1. The summed E-state index contributed by atoms with van der Waals surface area (Å²) >= 11 is 7.60. The monoisotopic (exact) mass is 420 g/mol. The predicted molar refractivity (Wildman–Crippen MR) is 108 cm³/mol. The number of methoxy groups -OCH3 is 1. The van der Waals surface area contributed by atoms with Crippen LogP contribution in [0.5, 0.6) is 5.75 Å². The first kappa shape index (κ1) is 19.1. The van der Waals surface area contributed by atoms with Gasteiger partial charge in [-0.05, 0) is 37.1 Å². The molecular formula is C20H18ClFN2O3S. The van der Waals surface area contributed by atoms with Crippen molar-refractivity contribution in [1.82, 2.24) is 4.98 Å². The lowest BCUT2D eigenvalue weighted by molar-refractivity contribution is 0.0914. The molecule has 4 rings (SSSR count). The quantitative estimate of drug-likeness (QED) is 0.587. The molecule has 0 spiro atoms. The van der Waals surface area contributed by atoms with Gasteiger partial charge in [0.05, 0.1) is 35.0 Å². The molecule has 0 radical (unpaired) electrons. The Labute approximate surface area is 170 Å². The number of thiazole rings is 1. The van der Waals surface area contributed by atoms with Crippen LogP contribution in [0.1, 0.15) is 23.2 Å². The van der Waals surface area contributed by atoms with Crippen molar-refractivity contribution < 1.29 is 18.7 Å². The highest BCUT2D eigenvalue weighted by Crippen LogP contribution is 2.39. The van der Waals surface area contributed by atoms with E-state index in [9.17, 15) is 9.18 Å². The highest BCUT2D eigenvalue weighted by Gasteiger charge is 2.29. The summed E-state index contributed by atoms with van der Waals surface area (Å²) in [5, 5.41) is 0.958. The Balaban J connectivity index is 1.79. The molecule has 8 heteroatoms. The fourth-order valence-electron chi connectivity index (χ4n) is 3.24. The molecule has 5 nitrogen and oxygen atoms in total. The van der Waals surface area contributed by atoms with E-state index >= 15 is 0 Å². The Kier molecular flexibility index (Phi) is 5.48. The van der Waals surface area contributed by atoms with Gasteiger partial charge in [-0.3, -0.25) is 9.69 Å². The summed E-state index contributed by atoms with van der Waals surface area (Å²) in [4.78, 5) is 19.3. The van der Waals surface area contributed by atoms with E-state index in [1.807, 2.05) is 0 Å². The van der Waals surface area contributed by atoms with Crippen molar-refractivity contribution in [2.75, 3.05) is 25.2 Å². The van der Waals surface area contributed by atoms with Crippen LogP contribution in [0.3, 0.4) is 0 Å². The number of fused-ring (bicyclic) bond motifs is 1. The van der Waals surface area contributed by atoms with Crippen LogP contribution in [0.25, 0.3) is 10.2 Å². The smallest absolute Gasteiger partial charge is 0.263 e. The third-order valence-electron chi connectivity index (χ3n) is 4.66. The molecule has 0 saturated carbocycles. The molecule has 2 heterocycles. The molecular weight excluding hydrogens is 403 g/mol. The van der Waals surface area contributed by atoms with Gasteiger partial charge < -0.3 is 9.47 Å². The van der Waals surface area contributed by atoms with Crippen molar-refractivity contribution in [3.8, 4) is 5.75 Å². The summed E-state index contributed by atoms with van der Waals surface area (Å²) < 4.78 is 26.1. The zero-order chi connectivity index (χ0) is 19.7. The number of hydrogen-bond acceptors (Lipinski definition) is 5. The van der Waals surface area contributed by atoms with Crippen LogP contribution in [0.4, 0.5) is 9.52 Å². The average Bonchev–Trinajstić information content (AvgIpc) is 3.36. The van der Waals surface area contributed by atoms with Gasteiger partial charge >= 0.3 is 0 Å². The van der Waals surface area contributed by atoms with E-state index in [4.69, 9.17) is 21.1 Å². The summed E-state index contributed by atoms with van der Waals surface area (Å²) in [6.07, 6.45) is 1.67. The van der Waals surface area contributed by atoms with Crippen LogP contribution in [0, 0.1) is 5.82 Å². The van der Waals surface area contributed by atoms with Crippen molar-refractivity contribution in [2.45, 2.75) is 18.9 Å². The fourth-order valence-corrected chi connectivity index (χ4v) is 4.51. The number of benzene rings is 2. The van der Waals surface area contributed by atoms with Gasteiger partial charge in [-0.15, -0.1) is 0 Å². The molecule has 3 aromatic rings. The number of halogens is 2. The number of amides is 1. The van der Waals surface area contributed by atoms with Crippen LogP contribution in [-0.4, -0.2) is 37.3 Å². The maximum Gasteiger partial charge on any atom is 0.263 e. The topological polar surface area (TPSA) is 51.7 Å². The molecule has 28 heavy (non-hydrogen) atoms. The lowest BCUT2D eigenvalue weighted by Crippen LogP contribution is -2.37. The third kappa shape index (κ3) is 3.57. The predicted octanol–water partition coefficient (Wildman–Crippen LogP) is 4.92. The van der Waals surface area contributed by atoms with E-state index in [2.05, 4.69) is 4.98 Å². The maximum atomic E-state index is 14.3. The Morgan fingerprint density at radius 2 is 2.21 bits per heavy atom. The second-order valence-electron chi connectivity index (χ2n) is 6.45. The van der Waals surface area contributed by atoms with E-state index in [0.717, 1.165) is 17.5 Å². The van der Waals surface area contributed by atoms with Crippen LogP contribution in [0.2, 0.25) is 5.02 Å². The molecule has 0 N–H and O–H groups in total. The van der Waals surface area contributed by atoms with E-state index < -0.39 is 11.7 Å². The Morgan fingerprint density at radius 3 is 2.93 bits per heavy atom. The average molecular weight is 421 g/mol. The lowest BCUT2D eigenvalue weighted by Gasteiger charge is -2.23. The molecule has 146 valence electrons. The molecule has 1 amide bonds. The number of nitrogens with zero attached hydrogens (tertiary/aromatic N) is 2. The zero-order valence-electron chi connectivity index (χ0n) is 15.2. The summed E-state index contributed by atoms with van der Waals surface area (Å²) in [5.74, 6) is -0.457. The van der Waals surface area contributed by atoms with Crippen LogP contribution < -0.4 is 9.64 Å². The first-order chi connectivity index (χ1) is 13.6. The normalized spacial score (nSPS) is 16.5. The number of anilines is 1. The van der Waals surface area contributed by atoms with Gasteiger partial charge in [0.15, 0.2) is 5.13 Å². The van der Waals surface area contributed by atoms with Gasteiger partial charge in [0, 0.05) is 6.61 Å². The number of hydrogen-bond donors (Lipinski definition) is 0. The SMILES string of the molecule is COc1ccc(Cl)c2sc(N(CC3CCCO3)C(=O)c3ccccc3F)nc12. The molecule has 1 aliphatic rings. The van der Waals surface area contributed by atoms with Gasteiger partial charge in [-0.2, -0.15) is 0 Å². The Hall–Kier alpha value is -2.22. The zero-order valence-corrected chi connectivity index (χ0v) is 16.7. The molecule has 1 unspecified atom stereocenters. The molecule has 2 aromatic carbocycles. The van der Waals surface area contributed by atoms with Crippen LogP contribution in [-0.2, 0) is 4.74 Å². The number of rotatable bonds is 5. The van der Waals surface area contributed by atoms with E-state index in [1.165, 1.54) is 28.4 Å². The first-order valence-electron chi connectivity index (χ1n) is 8.89. The summed E-state index contributed by atoms with van der Waals surface area (Å²) in [5.41, 5.74) is 0.575. The third-order valence-corrected chi connectivity index (χ3v) is 6.20. The van der Waals surface area contributed by atoms with Crippen LogP contribution in [0.15, 0.2) is 36.4 Å².